The average Bonchev–Trinajstić information content (AvgIpc) is 2.53. The van der Waals surface area contributed by atoms with Crippen LogP contribution in [0.25, 0.3) is 0 Å². The number of thiocarbonyl (C=S) groups is 1. The first-order chi connectivity index (χ1) is 10.3. The molecule has 0 aliphatic heterocycles. The molecule has 1 aromatic heterocycles. The lowest BCUT2D eigenvalue weighted by Crippen LogP contribution is -2.31. The van der Waals surface area contributed by atoms with Gasteiger partial charge in [-0.1, -0.05) is 18.2 Å². The normalized spacial score (nSPS) is 9.95. The largest absolute Gasteiger partial charge is 0.375 e. The molecule has 2 N–H and O–H groups in total. The molecule has 5 heteroatoms. The molecular weight excluding hydrogens is 280 g/mol. The Bertz CT molecular complexity index is 545. The molecule has 1 aromatic carbocycles. The first-order valence-corrected chi connectivity index (χ1v) is 7.37. The minimum atomic E-state index is 0.642. The van der Waals surface area contributed by atoms with E-state index in [9.17, 15) is 0 Å². The second kappa shape index (κ2) is 8.21. The summed E-state index contributed by atoms with van der Waals surface area (Å²) in [6.07, 6.45) is 4.49. The maximum atomic E-state index is 5.25. The molecule has 0 radical (unpaired) electrons. The lowest BCUT2D eigenvalue weighted by molar-refractivity contribution is 0.755. The van der Waals surface area contributed by atoms with Gasteiger partial charge >= 0.3 is 0 Å². The monoisotopic (exact) mass is 300 g/mol. The van der Waals surface area contributed by atoms with Crippen molar-refractivity contribution in [2.45, 2.75) is 6.42 Å². The van der Waals surface area contributed by atoms with Gasteiger partial charge in [-0.05, 0) is 42.9 Å². The molecule has 0 unspecified atom stereocenters. The Balaban J connectivity index is 1.64. The fraction of sp³-hybridized carbons (Fsp3) is 0.250. The van der Waals surface area contributed by atoms with E-state index in [-0.39, 0.29) is 0 Å². The van der Waals surface area contributed by atoms with Crippen LogP contribution in [-0.4, -0.2) is 30.2 Å². The summed E-state index contributed by atoms with van der Waals surface area (Å²) in [6, 6.07) is 14.1. The number of nitrogens with one attached hydrogen (secondary N) is 2. The third kappa shape index (κ3) is 5.39. The molecule has 0 saturated carbocycles. The zero-order valence-corrected chi connectivity index (χ0v) is 12.9. The molecule has 0 atom stereocenters. The lowest BCUT2D eigenvalue weighted by Gasteiger charge is -2.19. The van der Waals surface area contributed by atoms with Gasteiger partial charge in [-0.25, -0.2) is 0 Å². The SMILES string of the molecule is CN(CCCNC(=S)Nc1ccncc1)c1ccccc1. The molecule has 1 heterocycles. The van der Waals surface area contributed by atoms with Crippen molar-refractivity contribution in [1.29, 1.82) is 0 Å². The van der Waals surface area contributed by atoms with Crippen LogP contribution in [0.4, 0.5) is 11.4 Å². The lowest BCUT2D eigenvalue weighted by atomic mass is 10.3. The zero-order valence-electron chi connectivity index (χ0n) is 12.1. The van der Waals surface area contributed by atoms with Crippen molar-refractivity contribution in [3.8, 4) is 0 Å². The van der Waals surface area contributed by atoms with Crippen LogP contribution in [0.15, 0.2) is 54.9 Å². The van der Waals surface area contributed by atoms with Crippen molar-refractivity contribution in [2.24, 2.45) is 0 Å². The van der Waals surface area contributed by atoms with Crippen LogP contribution >= 0.6 is 12.2 Å². The van der Waals surface area contributed by atoms with Gasteiger partial charge in [0.05, 0.1) is 0 Å². The third-order valence-corrected chi connectivity index (χ3v) is 3.34. The highest BCUT2D eigenvalue weighted by Crippen LogP contribution is 2.10. The molecule has 2 aromatic rings. The number of hydrogen-bond donors (Lipinski definition) is 2. The number of anilines is 2. The molecule has 0 fully saturated rings. The minimum Gasteiger partial charge on any atom is -0.375 e. The van der Waals surface area contributed by atoms with E-state index in [4.69, 9.17) is 12.2 Å². The van der Waals surface area contributed by atoms with Gasteiger partial charge in [0.15, 0.2) is 5.11 Å². The summed E-state index contributed by atoms with van der Waals surface area (Å²) in [4.78, 5) is 6.20. The van der Waals surface area contributed by atoms with E-state index in [0.717, 1.165) is 25.2 Å². The summed E-state index contributed by atoms with van der Waals surface area (Å²) >= 11 is 5.25. The van der Waals surface area contributed by atoms with Crippen molar-refractivity contribution in [1.82, 2.24) is 10.3 Å². The Labute approximate surface area is 131 Å². The van der Waals surface area contributed by atoms with Gasteiger partial charge in [0, 0.05) is 43.9 Å². The third-order valence-electron chi connectivity index (χ3n) is 3.09. The number of pyridine rings is 1. The molecule has 0 saturated heterocycles. The predicted octanol–water partition coefficient (Wildman–Crippen LogP) is 2.89. The van der Waals surface area contributed by atoms with Crippen LogP contribution in [0.5, 0.6) is 0 Å². The molecule has 2 rings (SSSR count). The number of benzene rings is 1. The number of hydrogen-bond acceptors (Lipinski definition) is 3. The standard InChI is InChI=1S/C16H20N4S/c1-20(15-6-3-2-4-7-15)13-5-10-18-16(21)19-14-8-11-17-12-9-14/h2-4,6-9,11-12H,5,10,13H2,1H3,(H2,17,18,19,21). The molecule has 21 heavy (non-hydrogen) atoms. The van der Waals surface area contributed by atoms with E-state index in [2.05, 4.69) is 51.8 Å². The van der Waals surface area contributed by atoms with Crippen molar-refractivity contribution >= 4 is 28.7 Å². The molecule has 4 nitrogen and oxygen atoms in total. The van der Waals surface area contributed by atoms with Crippen LogP contribution < -0.4 is 15.5 Å². The van der Waals surface area contributed by atoms with Gasteiger partial charge in [0.2, 0.25) is 0 Å². The van der Waals surface area contributed by atoms with E-state index >= 15 is 0 Å². The second-order valence-corrected chi connectivity index (χ2v) is 5.14. The Morgan fingerprint density at radius 1 is 1.14 bits per heavy atom. The van der Waals surface area contributed by atoms with Crippen molar-refractivity contribution in [3.63, 3.8) is 0 Å². The number of aromatic nitrogens is 1. The number of para-hydroxylation sites is 1. The quantitative estimate of drug-likeness (QED) is 0.634. The summed E-state index contributed by atoms with van der Waals surface area (Å²) in [7, 11) is 2.10. The highest BCUT2D eigenvalue weighted by molar-refractivity contribution is 7.80. The summed E-state index contributed by atoms with van der Waals surface area (Å²) < 4.78 is 0. The summed E-state index contributed by atoms with van der Waals surface area (Å²) in [5.41, 5.74) is 2.18. The average molecular weight is 300 g/mol. The molecule has 0 bridgehead atoms. The molecule has 0 amide bonds. The van der Waals surface area contributed by atoms with E-state index < -0.39 is 0 Å². The van der Waals surface area contributed by atoms with E-state index in [1.165, 1.54) is 5.69 Å². The van der Waals surface area contributed by atoms with Gasteiger partial charge in [-0.15, -0.1) is 0 Å². The Morgan fingerprint density at radius 3 is 2.57 bits per heavy atom. The van der Waals surface area contributed by atoms with Crippen molar-refractivity contribution < 1.29 is 0 Å². The Kier molecular flexibility index (Phi) is 5.97. The Hall–Kier alpha value is -2.14. The molecule has 0 aliphatic rings. The topological polar surface area (TPSA) is 40.2 Å². The summed E-state index contributed by atoms with van der Waals surface area (Å²) in [5.74, 6) is 0. The fourth-order valence-corrected chi connectivity index (χ4v) is 2.16. The zero-order chi connectivity index (χ0) is 14.9. The van der Waals surface area contributed by atoms with Gasteiger partial charge < -0.3 is 15.5 Å². The van der Waals surface area contributed by atoms with Gasteiger partial charge in [0.1, 0.15) is 0 Å². The predicted molar refractivity (Wildman–Crippen MR) is 92.8 cm³/mol. The van der Waals surface area contributed by atoms with Gasteiger partial charge in [0.25, 0.3) is 0 Å². The molecule has 0 aliphatic carbocycles. The van der Waals surface area contributed by atoms with Crippen LogP contribution in [-0.2, 0) is 0 Å². The van der Waals surface area contributed by atoms with Crippen molar-refractivity contribution in [2.75, 3.05) is 30.4 Å². The highest BCUT2D eigenvalue weighted by atomic mass is 32.1. The van der Waals surface area contributed by atoms with Crippen LogP contribution in [0.3, 0.4) is 0 Å². The van der Waals surface area contributed by atoms with Crippen molar-refractivity contribution in [3.05, 3.63) is 54.9 Å². The second-order valence-electron chi connectivity index (χ2n) is 4.73. The van der Waals surface area contributed by atoms with E-state index in [1.54, 1.807) is 12.4 Å². The molecule has 0 spiro atoms. The van der Waals surface area contributed by atoms with E-state index in [0.29, 0.717) is 5.11 Å². The maximum Gasteiger partial charge on any atom is 0.170 e. The maximum absolute atomic E-state index is 5.25. The molecular formula is C16H20N4S. The van der Waals surface area contributed by atoms with Gasteiger partial charge in [-0.2, -0.15) is 0 Å². The highest BCUT2D eigenvalue weighted by Gasteiger charge is 2.00. The smallest absolute Gasteiger partial charge is 0.170 e. The summed E-state index contributed by atoms with van der Waals surface area (Å²) in [6.45, 7) is 1.82. The fourth-order valence-electron chi connectivity index (χ4n) is 1.94. The number of rotatable bonds is 6. The summed E-state index contributed by atoms with van der Waals surface area (Å²) in [5, 5.41) is 6.98. The van der Waals surface area contributed by atoms with Crippen LogP contribution in [0.2, 0.25) is 0 Å². The molecule has 110 valence electrons. The van der Waals surface area contributed by atoms with Crippen LogP contribution in [0.1, 0.15) is 6.42 Å². The number of nitrogens with zero attached hydrogens (tertiary/aromatic N) is 2. The van der Waals surface area contributed by atoms with E-state index in [1.807, 2.05) is 18.2 Å². The first kappa shape index (κ1) is 15.3. The Morgan fingerprint density at radius 2 is 1.86 bits per heavy atom. The first-order valence-electron chi connectivity index (χ1n) is 6.97. The van der Waals surface area contributed by atoms with Crippen LogP contribution in [0, 0.1) is 0 Å². The van der Waals surface area contributed by atoms with Gasteiger partial charge in [-0.3, -0.25) is 4.98 Å². The minimum absolute atomic E-state index is 0.642.